The van der Waals surface area contributed by atoms with Gasteiger partial charge in [-0.2, -0.15) is 0 Å². The van der Waals surface area contributed by atoms with Crippen molar-refractivity contribution in [3.05, 3.63) is 78.4 Å². The van der Waals surface area contributed by atoms with Crippen LogP contribution >= 0.6 is 0 Å². The van der Waals surface area contributed by atoms with Crippen LogP contribution in [0.5, 0.6) is 17.2 Å². The van der Waals surface area contributed by atoms with E-state index >= 15 is 0 Å². The van der Waals surface area contributed by atoms with E-state index in [1.807, 2.05) is 72.8 Å². The SMILES string of the molecule is COC(Cc1ccc(OCCN2c3ccccc3Oc3ccccc32)cc1)C(=O)O. The number of methoxy groups -OCH3 is 1. The largest absolute Gasteiger partial charge is 0.492 e. The predicted octanol–water partition coefficient (Wildman–Crippen LogP) is 4.65. The molecule has 6 nitrogen and oxygen atoms in total. The second kappa shape index (κ2) is 8.88. The third-order valence-electron chi connectivity index (χ3n) is 5.02. The van der Waals surface area contributed by atoms with Gasteiger partial charge in [-0.05, 0) is 42.0 Å². The Hall–Kier alpha value is -3.51. The van der Waals surface area contributed by atoms with Gasteiger partial charge in [0.15, 0.2) is 17.6 Å². The van der Waals surface area contributed by atoms with Crippen molar-refractivity contribution in [2.45, 2.75) is 12.5 Å². The summed E-state index contributed by atoms with van der Waals surface area (Å²) >= 11 is 0. The molecule has 3 aromatic carbocycles. The van der Waals surface area contributed by atoms with Gasteiger partial charge in [-0.25, -0.2) is 4.79 Å². The summed E-state index contributed by atoms with van der Waals surface area (Å²) in [7, 11) is 1.40. The van der Waals surface area contributed by atoms with Crippen LogP contribution in [-0.4, -0.2) is 37.4 Å². The van der Waals surface area contributed by atoms with Crippen LogP contribution in [0.25, 0.3) is 0 Å². The number of hydrogen-bond donors (Lipinski definition) is 1. The molecule has 3 aromatic rings. The Labute approximate surface area is 175 Å². The molecule has 0 fully saturated rings. The maximum absolute atomic E-state index is 11.1. The molecule has 1 heterocycles. The first kappa shape index (κ1) is 19.8. The lowest BCUT2D eigenvalue weighted by atomic mass is 10.1. The second-order valence-electron chi connectivity index (χ2n) is 6.95. The van der Waals surface area contributed by atoms with Gasteiger partial charge in [0.25, 0.3) is 0 Å². The molecule has 30 heavy (non-hydrogen) atoms. The molecular weight excluding hydrogens is 382 g/mol. The standard InChI is InChI=1S/C24H23NO5/c1-28-23(24(26)27)16-17-10-12-18(13-11-17)29-15-14-25-19-6-2-4-8-21(19)30-22-9-5-3-7-20(22)25/h2-13,23H,14-16H2,1H3,(H,26,27). The summed E-state index contributed by atoms with van der Waals surface area (Å²) in [5.74, 6) is 1.42. The highest BCUT2D eigenvalue weighted by molar-refractivity contribution is 5.77. The Morgan fingerprint density at radius 2 is 1.57 bits per heavy atom. The Kier molecular flexibility index (Phi) is 5.86. The number of carboxylic acid groups (broad SMARTS) is 1. The molecule has 0 amide bonds. The Balaban J connectivity index is 1.41. The first-order chi connectivity index (χ1) is 14.7. The summed E-state index contributed by atoms with van der Waals surface area (Å²) in [6.45, 7) is 1.14. The van der Waals surface area contributed by atoms with E-state index in [9.17, 15) is 4.79 Å². The molecule has 1 unspecified atom stereocenters. The zero-order chi connectivity index (χ0) is 20.9. The normalized spacial score (nSPS) is 13.0. The van der Waals surface area contributed by atoms with Crippen molar-refractivity contribution in [1.82, 2.24) is 0 Å². The Morgan fingerprint density at radius 3 is 2.13 bits per heavy atom. The molecule has 154 valence electrons. The fourth-order valence-corrected chi connectivity index (χ4v) is 3.48. The fraction of sp³-hybridized carbons (Fsp3) is 0.208. The topological polar surface area (TPSA) is 68.2 Å². The molecule has 0 saturated carbocycles. The highest BCUT2D eigenvalue weighted by atomic mass is 16.5. The Morgan fingerprint density at radius 1 is 0.967 bits per heavy atom. The minimum atomic E-state index is -0.969. The number of fused-ring (bicyclic) bond motifs is 2. The molecule has 0 aromatic heterocycles. The lowest BCUT2D eigenvalue weighted by Crippen LogP contribution is -2.26. The summed E-state index contributed by atoms with van der Waals surface area (Å²) in [6.07, 6.45) is -0.536. The van der Waals surface area contributed by atoms with Crippen LogP contribution in [0.3, 0.4) is 0 Å². The van der Waals surface area contributed by atoms with Crippen LogP contribution in [0.4, 0.5) is 11.4 Å². The quantitative estimate of drug-likeness (QED) is 0.588. The number of carboxylic acids is 1. The monoisotopic (exact) mass is 405 g/mol. The zero-order valence-corrected chi connectivity index (χ0v) is 16.7. The zero-order valence-electron chi connectivity index (χ0n) is 16.7. The van der Waals surface area contributed by atoms with E-state index in [-0.39, 0.29) is 0 Å². The van der Waals surface area contributed by atoms with Gasteiger partial charge < -0.3 is 24.2 Å². The summed E-state index contributed by atoms with van der Waals surface area (Å²) in [5.41, 5.74) is 2.90. The fourth-order valence-electron chi connectivity index (χ4n) is 3.48. The van der Waals surface area contributed by atoms with Gasteiger partial charge >= 0.3 is 5.97 Å². The predicted molar refractivity (Wildman–Crippen MR) is 114 cm³/mol. The van der Waals surface area contributed by atoms with Crippen LogP contribution in [0, 0.1) is 0 Å². The lowest BCUT2D eigenvalue weighted by molar-refractivity contribution is -0.148. The molecule has 6 heteroatoms. The van der Waals surface area contributed by atoms with Crippen molar-refractivity contribution in [1.29, 1.82) is 0 Å². The van der Waals surface area contributed by atoms with Crippen molar-refractivity contribution in [3.8, 4) is 17.2 Å². The average molecular weight is 405 g/mol. The van der Waals surface area contributed by atoms with Gasteiger partial charge in [0, 0.05) is 13.5 Å². The van der Waals surface area contributed by atoms with Crippen molar-refractivity contribution in [3.63, 3.8) is 0 Å². The smallest absolute Gasteiger partial charge is 0.333 e. The summed E-state index contributed by atoms with van der Waals surface area (Å²) in [6, 6.07) is 23.3. The number of benzene rings is 3. The minimum Gasteiger partial charge on any atom is -0.492 e. The second-order valence-corrected chi connectivity index (χ2v) is 6.95. The number of carbonyl (C=O) groups is 1. The van der Waals surface area contributed by atoms with E-state index in [0.29, 0.717) is 19.6 Å². The third-order valence-corrected chi connectivity index (χ3v) is 5.02. The van der Waals surface area contributed by atoms with E-state index < -0.39 is 12.1 Å². The molecule has 4 rings (SSSR count). The summed E-state index contributed by atoms with van der Waals surface area (Å²) in [4.78, 5) is 13.3. The number of ether oxygens (including phenoxy) is 3. The molecule has 0 bridgehead atoms. The van der Waals surface area contributed by atoms with Gasteiger partial charge in [0.1, 0.15) is 12.4 Å². The minimum absolute atomic E-state index is 0.313. The van der Waals surface area contributed by atoms with Gasteiger partial charge in [-0.1, -0.05) is 36.4 Å². The molecule has 0 spiro atoms. The number of anilines is 2. The van der Waals surface area contributed by atoms with E-state index in [2.05, 4.69) is 4.90 Å². The van der Waals surface area contributed by atoms with Gasteiger partial charge in [0.2, 0.25) is 0 Å². The molecule has 1 atom stereocenters. The van der Waals surface area contributed by atoms with E-state index in [0.717, 1.165) is 34.2 Å². The highest BCUT2D eigenvalue weighted by Crippen LogP contribution is 2.45. The number of hydrogen-bond acceptors (Lipinski definition) is 5. The number of para-hydroxylation sites is 4. The lowest BCUT2D eigenvalue weighted by Gasteiger charge is -2.32. The van der Waals surface area contributed by atoms with Gasteiger partial charge in [0.05, 0.1) is 17.9 Å². The van der Waals surface area contributed by atoms with Crippen molar-refractivity contribution >= 4 is 17.3 Å². The van der Waals surface area contributed by atoms with Crippen LogP contribution in [0.2, 0.25) is 0 Å². The van der Waals surface area contributed by atoms with Crippen molar-refractivity contribution in [2.24, 2.45) is 0 Å². The number of aliphatic carboxylic acids is 1. The van der Waals surface area contributed by atoms with E-state index in [1.165, 1.54) is 7.11 Å². The van der Waals surface area contributed by atoms with Crippen LogP contribution in [0.1, 0.15) is 5.56 Å². The van der Waals surface area contributed by atoms with Crippen molar-refractivity contribution < 1.29 is 24.1 Å². The Bertz CT molecular complexity index is 973. The van der Waals surface area contributed by atoms with Crippen LogP contribution in [-0.2, 0) is 16.0 Å². The highest BCUT2D eigenvalue weighted by Gasteiger charge is 2.23. The van der Waals surface area contributed by atoms with Gasteiger partial charge in [-0.15, -0.1) is 0 Å². The first-order valence-corrected chi connectivity index (χ1v) is 9.76. The van der Waals surface area contributed by atoms with Crippen LogP contribution in [0.15, 0.2) is 72.8 Å². The molecule has 0 radical (unpaired) electrons. The molecular formula is C24H23NO5. The number of rotatable bonds is 8. The average Bonchev–Trinajstić information content (AvgIpc) is 2.77. The summed E-state index contributed by atoms with van der Waals surface area (Å²) < 4.78 is 16.9. The maximum atomic E-state index is 11.1. The molecule has 1 aliphatic rings. The molecule has 0 saturated heterocycles. The first-order valence-electron chi connectivity index (χ1n) is 9.76. The van der Waals surface area contributed by atoms with E-state index in [4.69, 9.17) is 19.3 Å². The number of nitrogens with zero attached hydrogens (tertiary/aromatic N) is 1. The van der Waals surface area contributed by atoms with Gasteiger partial charge in [-0.3, -0.25) is 0 Å². The maximum Gasteiger partial charge on any atom is 0.333 e. The summed E-state index contributed by atoms with van der Waals surface area (Å²) in [5, 5.41) is 9.11. The molecule has 0 aliphatic carbocycles. The van der Waals surface area contributed by atoms with E-state index in [1.54, 1.807) is 0 Å². The third kappa shape index (κ3) is 4.23. The molecule has 1 N–H and O–H groups in total. The van der Waals surface area contributed by atoms with Crippen molar-refractivity contribution in [2.75, 3.05) is 25.2 Å². The van der Waals surface area contributed by atoms with Crippen LogP contribution < -0.4 is 14.4 Å². The molecule has 1 aliphatic heterocycles.